The topological polar surface area (TPSA) is 76.1 Å². The highest BCUT2D eigenvalue weighted by Gasteiger charge is 2.34. The largest absolute Gasteiger partial charge is 0.504 e. The predicted molar refractivity (Wildman–Crippen MR) is 88.4 cm³/mol. The van der Waals surface area contributed by atoms with Crippen molar-refractivity contribution in [3.8, 4) is 11.5 Å². The van der Waals surface area contributed by atoms with Gasteiger partial charge in [0, 0.05) is 25.8 Å². The van der Waals surface area contributed by atoms with E-state index in [0.29, 0.717) is 37.5 Å². The van der Waals surface area contributed by atoms with E-state index in [1.807, 2.05) is 6.92 Å². The van der Waals surface area contributed by atoms with Crippen molar-refractivity contribution >= 4 is 29.0 Å². The van der Waals surface area contributed by atoms with E-state index in [0.717, 1.165) is 11.8 Å². The molecule has 1 fully saturated rings. The molecule has 0 radical (unpaired) electrons. The summed E-state index contributed by atoms with van der Waals surface area (Å²) in [5.74, 6) is -0.0431. The number of thioether (sulfide) groups is 1. The molecule has 1 saturated heterocycles. The summed E-state index contributed by atoms with van der Waals surface area (Å²) in [7, 11) is 1.57. The van der Waals surface area contributed by atoms with Crippen LogP contribution < -0.4 is 4.74 Å². The molecular weight excluding hydrogens is 318 g/mol. The average molecular weight is 337 g/mol. The molecule has 1 aliphatic heterocycles. The van der Waals surface area contributed by atoms with Gasteiger partial charge in [-0.25, -0.2) is 0 Å². The van der Waals surface area contributed by atoms with Crippen LogP contribution in [0.25, 0.3) is 6.08 Å². The minimum atomic E-state index is -0.350. The highest BCUT2D eigenvalue weighted by atomic mass is 32.2. The number of aromatic hydroxyl groups is 1. The van der Waals surface area contributed by atoms with Gasteiger partial charge in [0.1, 0.15) is 0 Å². The number of nitrogens with zero attached hydrogens (tertiary/aromatic N) is 1. The lowest BCUT2D eigenvalue weighted by Gasteiger charge is -2.11. The Labute approximate surface area is 139 Å². The Kier molecular flexibility index (Phi) is 6.06. The van der Waals surface area contributed by atoms with Gasteiger partial charge >= 0.3 is 0 Å². The zero-order valence-corrected chi connectivity index (χ0v) is 13.9. The summed E-state index contributed by atoms with van der Waals surface area (Å²) in [4.78, 5) is 25.7. The molecule has 2 amide bonds. The lowest BCUT2D eigenvalue weighted by atomic mass is 10.1. The number of phenols is 1. The monoisotopic (exact) mass is 337 g/mol. The number of ether oxygens (including phenoxy) is 2. The molecule has 0 aromatic heterocycles. The van der Waals surface area contributed by atoms with E-state index in [2.05, 4.69) is 0 Å². The summed E-state index contributed by atoms with van der Waals surface area (Å²) in [5, 5.41) is 9.86. The minimum absolute atomic E-state index is 0.0412. The maximum Gasteiger partial charge on any atom is 0.293 e. The Morgan fingerprint density at radius 2 is 2.13 bits per heavy atom. The fraction of sp³-hybridized carbons (Fsp3) is 0.375. The van der Waals surface area contributed by atoms with E-state index in [4.69, 9.17) is 9.47 Å². The Balaban J connectivity index is 2.19. The number of carbonyl (C=O) groups excluding carboxylic acids is 2. The van der Waals surface area contributed by atoms with Gasteiger partial charge in [0.05, 0.1) is 11.5 Å². The van der Waals surface area contributed by atoms with Crippen molar-refractivity contribution in [3.63, 3.8) is 0 Å². The molecule has 0 saturated carbocycles. The number of amides is 2. The van der Waals surface area contributed by atoms with Crippen LogP contribution in [-0.2, 0) is 9.53 Å². The molecular formula is C16H19NO5S. The molecule has 1 N–H and O–H groups in total. The van der Waals surface area contributed by atoms with Gasteiger partial charge in [0.15, 0.2) is 11.5 Å². The first-order valence-electron chi connectivity index (χ1n) is 7.27. The number of imide groups is 1. The highest BCUT2D eigenvalue weighted by Crippen LogP contribution is 2.36. The minimum Gasteiger partial charge on any atom is -0.504 e. The molecule has 1 heterocycles. The molecule has 124 valence electrons. The van der Waals surface area contributed by atoms with Crippen LogP contribution >= 0.6 is 11.8 Å². The molecule has 1 aromatic carbocycles. The van der Waals surface area contributed by atoms with Gasteiger partial charge in [-0.15, -0.1) is 0 Å². The fourth-order valence-corrected chi connectivity index (χ4v) is 2.98. The van der Waals surface area contributed by atoms with Crippen molar-refractivity contribution in [1.29, 1.82) is 0 Å². The van der Waals surface area contributed by atoms with Crippen LogP contribution in [0.3, 0.4) is 0 Å². The smallest absolute Gasteiger partial charge is 0.293 e. The molecule has 0 aliphatic carbocycles. The zero-order valence-electron chi connectivity index (χ0n) is 13.1. The van der Waals surface area contributed by atoms with Crippen molar-refractivity contribution in [3.05, 3.63) is 28.7 Å². The summed E-state index contributed by atoms with van der Waals surface area (Å²) in [6.45, 7) is 3.04. The number of phenolic OH excluding ortho intramolecular Hbond substituents is 1. The first-order chi connectivity index (χ1) is 11.1. The van der Waals surface area contributed by atoms with E-state index in [1.54, 1.807) is 25.3 Å². The molecule has 0 atom stereocenters. The van der Waals surface area contributed by atoms with Crippen LogP contribution in [0.15, 0.2) is 23.1 Å². The van der Waals surface area contributed by atoms with Crippen molar-refractivity contribution in [2.45, 2.75) is 13.3 Å². The second-order valence-electron chi connectivity index (χ2n) is 4.81. The molecule has 0 unspecified atom stereocenters. The van der Waals surface area contributed by atoms with Crippen LogP contribution in [0.2, 0.25) is 0 Å². The SMILES string of the molecule is CCOc1cccc(/C=C2/SC(=O)N(CCCOC)C2=O)c1O. The summed E-state index contributed by atoms with van der Waals surface area (Å²) < 4.78 is 10.2. The summed E-state index contributed by atoms with van der Waals surface area (Å²) in [6, 6.07) is 5.03. The van der Waals surface area contributed by atoms with Gasteiger partial charge < -0.3 is 14.6 Å². The first-order valence-corrected chi connectivity index (χ1v) is 8.09. The van der Waals surface area contributed by atoms with E-state index in [-0.39, 0.29) is 21.8 Å². The lowest BCUT2D eigenvalue weighted by Crippen LogP contribution is -2.29. The number of benzene rings is 1. The van der Waals surface area contributed by atoms with Gasteiger partial charge in [0.25, 0.3) is 11.1 Å². The Hall–Kier alpha value is -1.99. The quantitative estimate of drug-likeness (QED) is 0.609. The van der Waals surface area contributed by atoms with Crippen molar-refractivity contribution in [2.75, 3.05) is 26.9 Å². The van der Waals surface area contributed by atoms with Gasteiger partial charge in [-0.05, 0) is 37.2 Å². The number of carbonyl (C=O) groups is 2. The predicted octanol–water partition coefficient (Wildman–Crippen LogP) is 2.86. The second kappa shape index (κ2) is 8.03. The van der Waals surface area contributed by atoms with Crippen LogP contribution in [0, 0.1) is 0 Å². The van der Waals surface area contributed by atoms with Gasteiger partial charge in [0.2, 0.25) is 0 Å². The number of hydrogen-bond donors (Lipinski definition) is 1. The normalized spacial score (nSPS) is 16.4. The van der Waals surface area contributed by atoms with Gasteiger partial charge in [-0.1, -0.05) is 12.1 Å². The van der Waals surface area contributed by atoms with E-state index < -0.39 is 0 Å². The van der Waals surface area contributed by atoms with Crippen LogP contribution in [-0.4, -0.2) is 48.0 Å². The molecule has 1 aliphatic rings. The number of hydrogen-bond acceptors (Lipinski definition) is 6. The zero-order chi connectivity index (χ0) is 16.8. The average Bonchev–Trinajstić information content (AvgIpc) is 2.79. The molecule has 6 nitrogen and oxygen atoms in total. The maximum atomic E-state index is 12.3. The number of rotatable bonds is 7. The Morgan fingerprint density at radius 3 is 2.83 bits per heavy atom. The number of methoxy groups -OCH3 is 1. The van der Waals surface area contributed by atoms with Crippen molar-refractivity contribution in [1.82, 2.24) is 4.90 Å². The molecule has 7 heteroatoms. The van der Waals surface area contributed by atoms with Crippen molar-refractivity contribution in [2.24, 2.45) is 0 Å². The van der Waals surface area contributed by atoms with E-state index in [9.17, 15) is 14.7 Å². The maximum absolute atomic E-state index is 12.3. The van der Waals surface area contributed by atoms with Gasteiger partial charge in [-0.3, -0.25) is 14.5 Å². The van der Waals surface area contributed by atoms with Gasteiger partial charge in [-0.2, -0.15) is 0 Å². The summed E-state index contributed by atoms with van der Waals surface area (Å²) >= 11 is 0.868. The van der Waals surface area contributed by atoms with E-state index in [1.165, 1.54) is 11.0 Å². The molecule has 1 aromatic rings. The molecule has 0 bridgehead atoms. The third-order valence-electron chi connectivity index (χ3n) is 3.22. The van der Waals surface area contributed by atoms with E-state index >= 15 is 0 Å². The standard InChI is InChI=1S/C16H19NO5S/c1-3-22-12-7-4-6-11(14(12)18)10-13-15(19)17(16(20)23-13)8-5-9-21-2/h4,6-7,10,18H,3,5,8-9H2,1-2H3/b13-10+. The third kappa shape index (κ3) is 4.05. The second-order valence-corrected chi connectivity index (χ2v) is 5.80. The fourth-order valence-electron chi connectivity index (χ4n) is 2.13. The summed E-state index contributed by atoms with van der Waals surface area (Å²) in [6.07, 6.45) is 2.10. The third-order valence-corrected chi connectivity index (χ3v) is 4.13. The van der Waals surface area contributed by atoms with Crippen LogP contribution in [0.1, 0.15) is 18.9 Å². The molecule has 23 heavy (non-hydrogen) atoms. The lowest BCUT2D eigenvalue weighted by molar-refractivity contribution is -0.122. The van der Waals surface area contributed by atoms with Crippen LogP contribution in [0.5, 0.6) is 11.5 Å². The number of para-hydroxylation sites is 1. The van der Waals surface area contributed by atoms with Crippen LogP contribution in [0.4, 0.5) is 4.79 Å². The van der Waals surface area contributed by atoms with Crippen molar-refractivity contribution < 1.29 is 24.2 Å². The molecule has 2 rings (SSSR count). The summed E-state index contributed by atoms with van der Waals surface area (Å²) in [5.41, 5.74) is 0.443. The Bertz CT molecular complexity index is 629. The highest BCUT2D eigenvalue weighted by molar-refractivity contribution is 8.18. The molecule has 0 spiro atoms. The first kappa shape index (κ1) is 17.4. The Morgan fingerprint density at radius 1 is 1.35 bits per heavy atom.